The number of nitrogens with zero attached hydrogens (tertiary/aromatic N) is 2. The molecule has 0 spiro atoms. The second kappa shape index (κ2) is 17.1. The first-order chi connectivity index (χ1) is 13.1. The quantitative estimate of drug-likeness (QED) is 0.287. The molecule has 164 valence electrons. The number of unbranched alkanes of at least 4 members (excludes halogenated alkanes) is 11. The van der Waals surface area contributed by atoms with Crippen LogP contribution in [0.2, 0.25) is 0 Å². The first-order valence-electron chi connectivity index (χ1n) is 11.5. The largest absolute Gasteiger partial charge is 1.00 e. The molecule has 28 heavy (non-hydrogen) atoms. The topological polar surface area (TPSA) is 22.1 Å². The van der Waals surface area contributed by atoms with Crippen molar-refractivity contribution in [1.82, 2.24) is 4.98 Å². The van der Waals surface area contributed by atoms with Gasteiger partial charge < -0.3 is 21.6 Å². The molecule has 0 saturated carbocycles. The highest BCUT2D eigenvalue weighted by Crippen LogP contribution is 2.20. The smallest absolute Gasteiger partial charge is 0.146 e. The summed E-state index contributed by atoms with van der Waals surface area (Å²) in [5.74, 6) is 0.945. The molecule has 0 fully saturated rings. The predicted octanol–water partition coefficient (Wildman–Crippen LogP) is 3.76. The van der Waals surface area contributed by atoms with Crippen LogP contribution in [0.25, 0.3) is 0 Å². The van der Waals surface area contributed by atoms with E-state index < -0.39 is 0 Å². The highest BCUT2D eigenvalue weighted by molar-refractivity contribution is 5.26. The Morgan fingerprint density at radius 3 is 1.89 bits per heavy atom. The molecule has 1 aromatic rings. The summed E-state index contributed by atoms with van der Waals surface area (Å²) in [6, 6.07) is 4.00. The van der Waals surface area contributed by atoms with Crippen LogP contribution in [-0.2, 0) is 6.54 Å². The molecule has 0 atom stereocenters. The molecule has 3 nitrogen and oxygen atoms in total. The zero-order chi connectivity index (χ0) is 19.8. The van der Waals surface area contributed by atoms with Gasteiger partial charge in [-0.3, -0.25) is 4.98 Å². The van der Waals surface area contributed by atoms with Crippen molar-refractivity contribution in [2.24, 2.45) is 0 Å². The van der Waals surface area contributed by atoms with Crippen molar-refractivity contribution in [3.63, 3.8) is 0 Å². The van der Waals surface area contributed by atoms with Gasteiger partial charge in [0, 0.05) is 6.20 Å². The minimum atomic E-state index is 0. The lowest BCUT2D eigenvalue weighted by Crippen LogP contribution is -3.00. The van der Waals surface area contributed by atoms with E-state index in [2.05, 4.69) is 26.0 Å². The molecular formula is C24H45ClN2O. The Morgan fingerprint density at radius 2 is 1.36 bits per heavy atom. The van der Waals surface area contributed by atoms with E-state index >= 15 is 0 Å². The predicted molar refractivity (Wildman–Crippen MR) is 117 cm³/mol. The van der Waals surface area contributed by atoms with Crippen LogP contribution in [0, 0.1) is 0 Å². The lowest BCUT2D eigenvalue weighted by molar-refractivity contribution is -0.904. The molecular weight excluding hydrogens is 368 g/mol. The lowest BCUT2D eigenvalue weighted by atomic mass is 10.1. The third-order valence-electron chi connectivity index (χ3n) is 5.34. The summed E-state index contributed by atoms with van der Waals surface area (Å²) in [5.41, 5.74) is 1.09. The number of quaternary nitrogens is 1. The van der Waals surface area contributed by atoms with Crippen molar-refractivity contribution >= 4 is 0 Å². The summed E-state index contributed by atoms with van der Waals surface area (Å²) in [6.45, 7) is 7.17. The van der Waals surface area contributed by atoms with E-state index in [1.54, 1.807) is 0 Å². The van der Waals surface area contributed by atoms with E-state index in [1.165, 1.54) is 83.6 Å². The molecule has 1 heterocycles. The average molecular weight is 413 g/mol. The summed E-state index contributed by atoms with van der Waals surface area (Å²) in [6.07, 6.45) is 18.8. The fourth-order valence-electron chi connectivity index (χ4n) is 3.69. The third kappa shape index (κ3) is 13.4. The first-order valence-corrected chi connectivity index (χ1v) is 11.5. The van der Waals surface area contributed by atoms with E-state index in [4.69, 9.17) is 4.74 Å². The van der Waals surface area contributed by atoms with Crippen LogP contribution in [0.3, 0.4) is 0 Å². The molecule has 0 amide bonds. The second-order valence-electron chi connectivity index (χ2n) is 8.59. The van der Waals surface area contributed by atoms with E-state index in [1.807, 2.05) is 25.3 Å². The summed E-state index contributed by atoms with van der Waals surface area (Å²) in [7, 11) is 4.62. The number of hydrogen-bond donors (Lipinski definition) is 0. The van der Waals surface area contributed by atoms with E-state index in [0.29, 0.717) is 6.61 Å². The molecule has 0 aliphatic carbocycles. The van der Waals surface area contributed by atoms with Gasteiger partial charge in [-0.05, 0) is 31.9 Å². The molecule has 0 unspecified atom stereocenters. The Morgan fingerprint density at radius 1 is 0.821 bits per heavy atom. The van der Waals surface area contributed by atoms with Gasteiger partial charge in [0.1, 0.15) is 18.0 Å². The third-order valence-corrected chi connectivity index (χ3v) is 5.34. The summed E-state index contributed by atoms with van der Waals surface area (Å²) >= 11 is 0. The van der Waals surface area contributed by atoms with Gasteiger partial charge in [-0.2, -0.15) is 0 Å². The van der Waals surface area contributed by atoms with Crippen molar-refractivity contribution < 1.29 is 21.6 Å². The Kier molecular flexibility index (Phi) is 16.6. The molecule has 4 heteroatoms. The van der Waals surface area contributed by atoms with E-state index in [0.717, 1.165) is 22.5 Å². The fraction of sp³-hybridized carbons (Fsp3) is 0.792. The Bertz CT molecular complexity index is 479. The molecule has 1 rings (SSSR count). The number of ether oxygens (including phenoxy) is 1. The van der Waals surface area contributed by atoms with Gasteiger partial charge in [0.05, 0.1) is 27.2 Å². The van der Waals surface area contributed by atoms with Gasteiger partial charge in [-0.15, -0.1) is 0 Å². The van der Waals surface area contributed by atoms with E-state index in [-0.39, 0.29) is 12.4 Å². The van der Waals surface area contributed by atoms with Gasteiger partial charge in [0.15, 0.2) is 0 Å². The highest BCUT2D eigenvalue weighted by Gasteiger charge is 2.19. The van der Waals surface area contributed by atoms with Crippen molar-refractivity contribution in [3.8, 4) is 5.75 Å². The first kappa shape index (κ1) is 27.2. The number of pyridine rings is 1. The van der Waals surface area contributed by atoms with Crippen LogP contribution in [0.4, 0.5) is 0 Å². The van der Waals surface area contributed by atoms with Crippen LogP contribution in [0.1, 0.15) is 96.6 Å². The van der Waals surface area contributed by atoms with Gasteiger partial charge in [-0.25, -0.2) is 0 Å². The van der Waals surface area contributed by atoms with Crippen LogP contribution >= 0.6 is 0 Å². The Hall–Kier alpha value is -0.800. The van der Waals surface area contributed by atoms with E-state index in [9.17, 15) is 0 Å². The molecule has 0 saturated heterocycles. The monoisotopic (exact) mass is 412 g/mol. The van der Waals surface area contributed by atoms with Crippen LogP contribution < -0.4 is 17.1 Å². The highest BCUT2D eigenvalue weighted by atomic mass is 35.5. The minimum absolute atomic E-state index is 0. The summed E-state index contributed by atoms with van der Waals surface area (Å²) in [4.78, 5) is 4.55. The van der Waals surface area contributed by atoms with Crippen molar-refractivity contribution in [2.45, 2.75) is 97.4 Å². The zero-order valence-corrected chi connectivity index (χ0v) is 19.8. The maximum atomic E-state index is 5.73. The van der Waals surface area contributed by atoms with Crippen LogP contribution in [0.15, 0.2) is 18.3 Å². The van der Waals surface area contributed by atoms with Crippen molar-refractivity contribution in [2.75, 3.05) is 27.2 Å². The number of halogens is 1. The second-order valence-corrected chi connectivity index (χ2v) is 8.59. The molecule has 0 N–H and O–H groups in total. The molecule has 1 aromatic heterocycles. The summed E-state index contributed by atoms with van der Waals surface area (Å²) in [5, 5.41) is 0. The van der Waals surface area contributed by atoms with Crippen molar-refractivity contribution in [3.05, 3.63) is 24.0 Å². The van der Waals surface area contributed by atoms with Gasteiger partial charge in [0.25, 0.3) is 0 Å². The SMILES string of the molecule is CCCCCCCCCCCCCC[N+](C)(C)Cc1ncccc1OCC.[Cl-]. The van der Waals surface area contributed by atoms with Crippen LogP contribution in [0.5, 0.6) is 5.75 Å². The average Bonchev–Trinajstić information content (AvgIpc) is 2.64. The van der Waals surface area contributed by atoms with Crippen molar-refractivity contribution in [1.29, 1.82) is 0 Å². The lowest BCUT2D eigenvalue weighted by Gasteiger charge is -2.30. The fourth-order valence-corrected chi connectivity index (χ4v) is 3.69. The number of hydrogen-bond acceptors (Lipinski definition) is 2. The van der Waals surface area contributed by atoms with Crippen LogP contribution in [-0.4, -0.2) is 36.7 Å². The zero-order valence-electron chi connectivity index (χ0n) is 19.0. The standard InChI is InChI=1S/C24H45N2O.ClH/c1-5-7-8-9-10-11-12-13-14-15-16-17-21-26(3,4)22-23-24(27-6-2)19-18-20-25-23;/h18-20H,5-17,21-22H2,1-4H3;1H/q+1;/p-1. The Balaban J connectivity index is 0.00000729. The Labute approximate surface area is 181 Å². The number of rotatable bonds is 17. The van der Waals surface area contributed by atoms with Gasteiger partial charge in [-0.1, -0.05) is 71.1 Å². The normalized spacial score (nSPS) is 11.3. The minimum Gasteiger partial charge on any atom is -1.00 e. The van der Waals surface area contributed by atoms with Gasteiger partial charge >= 0.3 is 0 Å². The maximum absolute atomic E-state index is 5.73. The molecule has 0 aromatic carbocycles. The maximum Gasteiger partial charge on any atom is 0.146 e. The molecule has 0 radical (unpaired) electrons. The molecule has 0 bridgehead atoms. The molecule has 0 aliphatic heterocycles. The summed E-state index contributed by atoms with van der Waals surface area (Å²) < 4.78 is 6.71. The molecule has 0 aliphatic rings. The number of aromatic nitrogens is 1. The van der Waals surface area contributed by atoms with Gasteiger partial charge in [0.2, 0.25) is 0 Å².